The van der Waals surface area contributed by atoms with Crippen LogP contribution in [0.2, 0.25) is 0 Å². The molecule has 2 aromatic rings. The Bertz CT molecular complexity index is 806. The van der Waals surface area contributed by atoms with E-state index < -0.39 is 30.0 Å². The van der Waals surface area contributed by atoms with E-state index in [0.29, 0.717) is 6.07 Å². The molecule has 1 N–H and O–H groups in total. The first kappa shape index (κ1) is 18.4. The van der Waals surface area contributed by atoms with Gasteiger partial charge in [0.05, 0.1) is 18.2 Å². The van der Waals surface area contributed by atoms with E-state index >= 15 is 0 Å². The zero-order chi connectivity index (χ0) is 18.6. The summed E-state index contributed by atoms with van der Waals surface area (Å²) < 4.78 is 56.8. The number of alkyl halides is 3. The zero-order valence-corrected chi connectivity index (χ0v) is 12.9. The smallest absolute Gasteiger partial charge is 0.416 e. The van der Waals surface area contributed by atoms with E-state index in [0.717, 1.165) is 12.1 Å². The molecule has 9 heteroatoms. The molecular weight excluding hydrogens is 344 g/mol. The number of nitrogens with one attached hydrogen (secondary N) is 1. The molecule has 1 amide bonds. The van der Waals surface area contributed by atoms with Crippen molar-refractivity contribution in [2.45, 2.75) is 12.7 Å². The second kappa shape index (κ2) is 7.29. The van der Waals surface area contributed by atoms with Crippen LogP contribution in [0.1, 0.15) is 21.5 Å². The number of hydrogen-bond donors (Lipinski definition) is 1. The summed E-state index contributed by atoms with van der Waals surface area (Å²) in [6.45, 7) is -0.510. The number of amides is 1. The Hall–Kier alpha value is -2.97. The first-order valence-corrected chi connectivity index (χ1v) is 6.92. The molecule has 132 valence electrons. The fourth-order valence-corrected chi connectivity index (χ4v) is 2.20. The van der Waals surface area contributed by atoms with Crippen molar-refractivity contribution in [1.82, 2.24) is 5.32 Å². The number of halogens is 4. The molecule has 0 atom stereocenters. The quantitative estimate of drug-likeness (QED) is 0.645. The number of methoxy groups -OCH3 is 1. The molecule has 0 fully saturated rings. The van der Waals surface area contributed by atoms with Crippen LogP contribution < -0.4 is 10.1 Å². The van der Waals surface area contributed by atoms with Crippen LogP contribution in [0, 0.1) is 10.7 Å². The van der Waals surface area contributed by atoms with Crippen molar-refractivity contribution < 1.29 is 27.1 Å². The minimum atomic E-state index is -4.77. The third-order valence-corrected chi connectivity index (χ3v) is 3.37. The van der Waals surface area contributed by atoms with Gasteiger partial charge in [-0.2, -0.15) is 13.2 Å². The molecule has 25 heavy (non-hydrogen) atoms. The van der Waals surface area contributed by atoms with E-state index in [4.69, 9.17) is 4.74 Å². The highest BCUT2D eigenvalue weighted by molar-refractivity contribution is 6.00. The standard InChI is InChI=1S/C16H12F4N2O3/c1-25-13-4-2-3-11(14(13)22-24)15(23)21-8-9-5-6-10(17)7-12(9)16(18,19)20/h2-7H,8H2,1H3,(H,21,23). The van der Waals surface area contributed by atoms with Crippen molar-refractivity contribution >= 4 is 11.6 Å². The number of rotatable bonds is 5. The summed E-state index contributed by atoms with van der Waals surface area (Å²) in [5.41, 5.74) is -1.92. The molecule has 0 radical (unpaired) electrons. The molecule has 0 aliphatic heterocycles. The van der Waals surface area contributed by atoms with Crippen molar-refractivity contribution in [1.29, 1.82) is 0 Å². The van der Waals surface area contributed by atoms with Crippen LogP contribution >= 0.6 is 0 Å². The predicted molar refractivity (Wildman–Crippen MR) is 81.0 cm³/mol. The van der Waals surface area contributed by atoms with E-state index in [-0.39, 0.29) is 22.6 Å². The molecule has 2 aromatic carbocycles. The average molecular weight is 356 g/mol. The summed E-state index contributed by atoms with van der Waals surface area (Å²) >= 11 is 0. The summed E-state index contributed by atoms with van der Waals surface area (Å²) in [4.78, 5) is 23.1. The van der Waals surface area contributed by atoms with Gasteiger partial charge in [-0.15, -0.1) is 4.91 Å². The third-order valence-electron chi connectivity index (χ3n) is 3.37. The summed E-state index contributed by atoms with van der Waals surface area (Å²) in [6, 6.07) is 6.27. The van der Waals surface area contributed by atoms with Gasteiger partial charge < -0.3 is 10.1 Å². The number of ether oxygens (including phenoxy) is 1. The highest BCUT2D eigenvalue weighted by Crippen LogP contribution is 2.33. The minimum Gasteiger partial charge on any atom is -0.494 e. The maximum absolute atomic E-state index is 13.1. The van der Waals surface area contributed by atoms with Gasteiger partial charge in [0.25, 0.3) is 5.91 Å². The SMILES string of the molecule is COc1cccc(C(=O)NCc2ccc(F)cc2C(F)(F)F)c1N=O. The lowest BCUT2D eigenvalue weighted by Gasteiger charge is -2.14. The lowest BCUT2D eigenvalue weighted by atomic mass is 10.1. The predicted octanol–water partition coefficient (Wildman–Crippen LogP) is 4.18. The van der Waals surface area contributed by atoms with Gasteiger partial charge in [-0.3, -0.25) is 4.79 Å². The van der Waals surface area contributed by atoms with Crippen LogP contribution in [0.5, 0.6) is 5.75 Å². The normalized spacial score (nSPS) is 11.1. The first-order chi connectivity index (χ1) is 11.8. The van der Waals surface area contributed by atoms with Crippen LogP contribution in [-0.4, -0.2) is 13.0 Å². The number of nitrogens with zero attached hydrogens (tertiary/aromatic N) is 1. The molecule has 0 aromatic heterocycles. The van der Waals surface area contributed by atoms with Crippen molar-refractivity contribution in [2.75, 3.05) is 7.11 Å². The summed E-state index contributed by atoms with van der Waals surface area (Å²) in [5, 5.41) is 4.98. The van der Waals surface area contributed by atoms with Crippen molar-refractivity contribution in [3.05, 3.63) is 63.8 Å². The number of benzene rings is 2. The van der Waals surface area contributed by atoms with E-state index in [1.165, 1.54) is 25.3 Å². The Morgan fingerprint density at radius 2 is 1.96 bits per heavy atom. The van der Waals surface area contributed by atoms with Gasteiger partial charge in [0, 0.05) is 6.54 Å². The van der Waals surface area contributed by atoms with Gasteiger partial charge in [0.2, 0.25) is 0 Å². The fraction of sp³-hybridized carbons (Fsp3) is 0.188. The second-order valence-electron chi connectivity index (χ2n) is 4.93. The highest BCUT2D eigenvalue weighted by Gasteiger charge is 2.33. The van der Waals surface area contributed by atoms with Crippen LogP contribution in [-0.2, 0) is 12.7 Å². The molecule has 5 nitrogen and oxygen atoms in total. The van der Waals surface area contributed by atoms with E-state index in [2.05, 4.69) is 10.5 Å². The van der Waals surface area contributed by atoms with Crippen molar-refractivity contribution in [3.63, 3.8) is 0 Å². The van der Waals surface area contributed by atoms with Crippen LogP contribution in [0.15, 0.2) is 41.6 Å². The van der Waals surface area contributed by atoms with Gasteiger partial charge >= 0.3 is 6.18 Å². The minimum absolute atomic E-state index is 0.0559. The number of carbonyl (C=O) groups excluding carboxylic acids is 1. The molecule has 2 rings (SSSR count). The highest BCUT2D eigenvalue weighted by atomic mass is 19.4. The molecule has 0 aliphatic rings. The lowest BCUT2D eigenvalue weighted by molar-refractivity contribution is -0.138. The maximum Gasteiger partial charge on any atom is 0.416 e. The van der Waals surface area contributed by atoms with Gasteiger partial charge in [0.1, 0.15) is 11.6 Å². The van der Waals surface area contributed by atoms with Crippen molar-refractivity contribution in [3.8, 4) is 5.75 Å². The monoisotopic (exact) mass is 356 g/mol. The van der Waals surface area contributed by atoms with Gasteiger partial charge in [-0.05, 0) is 35.0 Å². The Morgan fingerprint density at radius 1 is 1.24 bits per heavy atom. The fourth-order valence-electron chi connectivity index (χ4n) is 2.20. The topological polar surface area (TPSA) is 67.8 Å². The van der Waals surface area contributed by atoms with E-state index in [1.807, 2.05) is 0 Å². The van der Waals surface area contributed by atoms with Crippen molar-refractivity contribution in [2.24, 2.45) is 5.18 Å². The molecular formula is C16H12F4N2O3. The summed E-state index contributed by atoms with van der Waals surface area (Å²) in [6.07, 6.45) is -4.77. The van der Waals surface area contributed by atoms with Gasteiger partial charge in [-0.1, -0.05) is 12.1 Å². The first-order valence-electron chi connectivity index (χ1n) is 6.92. The van der Waals surface area contributed by atoms with Crippen LogP contribution in [0.4, 0.5) is 23.2 Å². The number of hydrogen-bond acceptors (Lipinski definition) is 4. The third kappa shape index (κ3) is 4.11. The Balaban J connectivity index is 2.26. The van der Waals surface area contributed by atoms with Crippen LogP contribution in [0.3, 0.4) is 0 Å². The lowest BCUT2D eigenvalue weighted by Crippen LogP contribution is -2.24. The molecule has 0 saturated heterocycles. The van der Waals surface area contributed by atoms with Gasteiger partial charge in [-0.25, -0.2) is 4.39 Å². The maximum atomic E-state index is 13.1. The second-order valence-corrected chi connectivity index (χ2v) is 4.93. The molecule has 0 saturated carbocycles. The number of carbonyl (C=O) groups is 1. The number of nitroso groups, excluding NO2 is 1. The summed E-state index contributed by atoms with van der Waals surface area (Å²) in [5.74, 6) is -1.80. The van der Waals surface area contributed by atoms with Gasteiger partial charge in [0.15, 0.2) is 5.69 Å². The van der Waals surface area contributed by atoms with E-state index in [9.17, 15) is 27.3 Å². The molecule has 0 spiro atoms. The summed E-state index contributed by atoms with van der Waals surface area (Å²) in [7, 11) is 1.28. The largest absolute Gasteiger partial charge is 0.494 e. The molecule has 0 bridgehead atoms. The average Bonchev–Trinajstić information content (AvgIpc) is 2.58. The zero-order valence-electron chi connectivity index (χ0n) is 12.9. The Labute approximate surface area is 139 Å². The van der Waals surface area contributed by atoms with Crippen LogP contribution in [0.25, 0.3) is 0 Å². The molecule has 0 aliphatic carbocycles. The Kier molecular flexibility index (Phi) is 5.35. The molecule has 0 unspecified atom stereocenters. The molecule has 0 heterocycles. The van der Waals surface area contributed by atoms with E-state index in [1.54, 1.807) is 0 Å². The Morgan fingerprint density at radius 3 is 2.56 bits per heavy atom.